The van der Waals surface area contributed by atoms with Gasteiger partial charge in [-0.25, -0.2) is 4.99 Å². The lowest BCUT2D eigenvalue weighted by Gasteiger charge is -2.30. The van der Waals surface area contributed by atoms with Crippen LogP contribution in [0.25, 0.3) is 0 Å². The number of benzene rings is 1. The first-order chi connectivity index (χ1) is 15.2. The van der Waals surface area contributed by atoms with Crippen LogP contribution in [0.2, 0.25) is 0 Å². The Kier molecular flexibility index (Phi) is 12.9. The number of guanidine groups is 1. The van der Waals surface area contributed by atoms with E-state index >= 15 is 0 Å². The number of hydrogen-bond donors (Lipinski definition) is 1. The van der Waals surface area contributed by atoms with Gasteiger partial charge in [-0.15, -0.1) is 24.0 Å². The van der Waals surface area contributed by atoms with Crippen molar-refractivity contribution in [2.24, 2.45) is 16.8 Å². The first kappa shape index (κ1) is 27.3. The van der Waals surface area contributed by atoms with Gasteiger partial charge in [0.2, 0.25) is 0 Å². The lowest BCUT2D eigenvalue weighted by atomic mass is 9.98. The van der Waals surface area contributed by atoms with Crippen molar-refractivity contribution in [3.8, 4) is 0 Å². The quantitative estimate of drug-likeness (QED) is 0.204. The van der Waals surface area contributed by atoms with E-state index in [0.29, 0.717) is 19.1 Å². The van der Waals surface area contributed by atoms with Crippen molar-refractivity contribution in [2.45, 2.75) is 46.2 Å². The number of halogens is 1. The lowest BCUT2D eigenvalue weighted by Crippen LogP contribution is -2.40. The van der Waals surface area contributed by atoms with Gasteiger partial charge in [0.25, 0.3) is 0 Å². The van der Waals surface area contributed by atoms with Crippen LogP contribution >= 0.6 is 24.0 Å². The summed E-state index contributed by atoms with van der Waals surface area (Å²) in [6, 6.07) is 8.97. The van der Waals surface area contributed by atoms with Gasteiger partial charge in [0.1, 0.15) is 0 Å². The Labute approximate surface area is 212 Å². The monoisotopic (exact) mass is 558 g/mol. The van der Waals surface area contributed by atoms with E-state index in [1.807, 2.05) is 0 Å². The second kappa shape index (κ2) is 15.1. The fourth-order valence-electron chi connectivity index (χ4n) is 4.45. The SMILES string of the molecule is CCNC(=NCc1cccc(CN2CCC(C)CC2)c1)N1CCC(COCCOC)C1.I. The summed E-state index contributed by atoms with van der Waals surface area (Å²) in [5.74, 6) is 2.47. The van der Waals surface area contributed by atoms with Crippen LogP contribution < -0.4 is 5.32 Å². The number of likely N-dealkylation sites (tertiary alicyclic amines) is 2. The predicted octanol–water partition coefficient (Wildman–Crippen LogP) is 3.99. The molecular formula is C25H43IN4O2. The van der Waals surface area contributed by atoms with Crippen molar-refractivity contribution in [1.29, 1.82) is 0 Å². The van der Waals surface area contributed by atoms with E-state index in [0.717, 1.165) is 57.6 Å². The molecule has 0 radical (unpaired) electrons. The number of aliphatic imine (C=N–C) groups is 1. The van der Waals surface area contributed by atoms with E-state index in [2.05, 4.69) is 53.2 Å². The van der Waals surface area contributed by atoms with E-state index in [1.165, 1.54) is 37.1 Å². The second-order valence-corrected chi connectivity index (χ2v) is 9.12. The molecule has 0 aliphatic carbocycles. The molecule has 1 unspecified atom stereocenters. The fourth-order valence-corrected chi connectivity index (χ4v) is 4.45. The summed E-state index contributed by atoms with van der Waals surface area (Å²) in [7, 11) is 1.71. The van der Waals surface area contributed by atoms with E-state index in [1.54, 1.807) is 7.11 Å². The molecule has 2 heterocycles. The zero-order valence-electron chi connectivity index (χ0n) is 20.2. The van der Waals surface area contributed by atoms with Gasteiger partial charge in [-0.2, -0.15) is 0 Å². The highest BCUT2D eigenvalue weighted by atomic mass is 127. The highest BCUT2D eigenvalue weighted by Crippen LogP contribution is 2.19. The Morgan fingerprint density at radius 3 is 2.66 bits per heavy atom. The van der Waals surface area contributed by atoms with Gasteiger partial charge in [-0.3, -0.25) is 4.90 Å². The van der Waals surface area contributed by atoms with E-state index in [-0.39, 0.29) is 24.0 Å². The highest BCUT2D eigenvalue weighted by molar-refractivity contribution is 14.0. The third-order valence-electron chi connectivity index (χ3n) is 6.39. The lowest BCUT2D eigenvalue weighted by molar-refractivity contribution is 0.0536. The van der Waals surface area contributed by atoms with Crippen LogP contribution in [0.4, 0.5) is 0 Å². The van der Waals surface area contributed by atoms with Crippen LogP contribution in [0.15, 0.2) is 29.3 Å². The summed E-state index contributed by atoms with van der Waals surface area (Å²) in [4.78, 5) is 9.94. The number of methoxy groups -OCH3 is 1. The molecule has 1 N–H and O–H groups in total. The predicted molar refractivity (Wildman–Crippen MR) is 143 cm³/mol. The van der Waals surface area contributed by atoms with Gasteiger partial charge in [0, 0.05) is 39.2 Å². The van der Waals surface area contributed by atoms with Crippen molar-refractivity contribution in [1.82, 2.24) is 15.1 Å². The molecule has 2 fully saturated rings. The van der Waals surface area contributed by atoms with Gasteiger partial charge in [0.05, 0.1) is 26.4 Å². The molecule has 0 spiro atoms. The Hall–Kier alpha value is -0.900. The smallest absolute Gasteiger partial charge is 0.194 e. The molecule has 2 aliphatic heterocycles. The number of hydrogen-bond acceptors (Lipinski definition) is 4. The van der Waals surface area contributed by atoms with Crippen LogP contribution in [-0.2, 0) is 22.6 Å². The number of ether oxygens (including phenoxy) is 2. The molecule has 3 rings (SSSR count). The summed E-state index contributed by atoms with van der Waals surface area (Å²) in [6.45, 7) is 13.8. The Bertz CT molecular complexity index is 680. The average molecular weight is 559 g/mol. The Morgan fingerprint density at radius 2 is 1.91 bits per heavy atom. The number of rotatable bonds is 10. The summed E-state index contributed by atoms with van der Waals surface area (Å²) in [6.07, 6.45) is 3.80. The molecule has 6 nitrogen and oxygen atoms in total. The van der Waals surface area contributed by atoms with Crippen molar-refractivity contribution < 1.29 is 9.47 Å². The molecule has 1 aromatic carbocycles. The van der Waals surface area contributed by atoms with Crippen molar-refractivity contribution in [2.75, 3.05) is 59.7 Å². The van der Waals surface area contributed by atoms with E-state index in [4.69, 9.17) is 14.5 Å². The van der Waals surface area contributed by atoms with Crippen LogP contribution in [-0.4, -0.2) is 75.4 Å². The fraction of sp³-hybridized carbons (Fsp3) is 0.720. The summed E-state index contributed by atoms with van der Waals surface area (Å²) in [5.41, 5.74) is 2.69. The molecular weight excluding hydrogens is 515 g/mol. The normalized spacial score (nSPS) is 20.4. The van der Waals surface area contributed by atoms with Crippen molar-refractivity contribution in [3.05, 3.63) is 35.4 Å². The Balaban J connectivity index is 0.00000363. The van der Waals surface area contributed by atoms with Gasteiger partial charge < -0.3 is 19.7 Å². The maximum Gasteiger partial charge on any atom is 0.194 e. The number of piperidine rings is 1. The molecule has 0 aromatic heterocycles. The van der Waals surface area contributed by atoms with Crippen LogP contribution in [0.3, 0.4) is 0 Å². The zero-order valence-corrected chi connectivity index (χ0v) is 22.6. The minimum atomic E-state index is 0. The number of nitrogens with zero attached hydrogens (tertiary/aromatic N) is 3. The van der Waals surface area contributed by atoms with Crippen LogP contribution in [0.5, 0.6) is 0 Å². The molecule has 0 bridgehead atoms. The molecule has 32 heavy (non-hydrogen) atoms. The molecule has 2 saturated heterocycles. The highest BCUT2D eigenvalue weighted by Gasteiger charge is 2.25. The molecule has 0 saturated carbocycles. The van der Waals surface area contributed by atoms with Crippen LogP contribution in [0, 0.1) is 11.8 Å². The average Bonchev–Trinajstić information content (AvgIpc) is 3.25. The molecule has 182 valence electrons. The molecule has 0 amide bonds. The van der Waals surface area contributed by atoms with Crippen LogP contribution in [0.1, 0.15) is 44.2 Å². The zero-order chi connectivity index (χ0) is 21.9. The summed E-state index contributed by atoms with van der Waals surface area (Å²) < 4.78 is 10.8. The van der Waals surface area contributed by atoms with E-state index < -0.39 is 0 Å². The number of nitrogens with one attached hydrogen (secondary N) is 1. The first-order valence-corrected chi connectivity index (χ1v) is 12.1. The third kappa shape index (κ3) is 9.15. The largest absolute Gasteiger partial charge is 0.382 e. The van der Waals surface area contributed by atoms with Gasteiger partial charge in [0.15, 0.2) is 5.96 Å². The van der Waals surface area contributed by atoms with Gasteiger partial charge >= 0.3 is 0 Å². The minimum absolute atomic E-state index is 0. The standard InChI is InChI=1S/C25H42N4O2.HI/c1-4-26-25(29-13-10-24(19-29)20-31-15-14-30-3)27-17-22-6-5-7-23(16-22)18-28-11-8-21(2)9-12-28;/h5-7,16,21,24H,4,8-15,17-20H2,1-3H3,(H,26,27);1H. The van der Waals surface area contributed by atoms with Gasteiger partial charge in [-0.1, -0.05) is 31.2 Å². The third-order valence-corrected chi connectivity index (χ3v) is 6.39. The molecule has 1 aromatic rings. The van der Waals surface area contributed by atoms with Crippen molar-refractivity contribution >= 4 is 29.9 Å². The minimum Gasteiger partial charge on any atom is -0.382 e. The second-order valence-electron chi connectivity index (χ2n) is 9.12. The maximum atomic E-state index is 5.74. The Morgan fingerprint density at radius 1 is 1.12 bits per heavy atom. The first-order valence-electron chi connectivity index (χ1n) is 12.1. The van der Waals surface area contributed by atoms with E-state index in [9.17, 15) is 0 Å². The van der Waals surface area contributed by atoms with Gasteiger partial charge in [-0.05, 0) is 56.3 Å². The van der Waals surface area contributed by atoms with Crippen molar-refractivity contribution in [3.63, 3.8) is 0 Å². The molecule has 7 heteroatoms. The maximum absolute atomic E-state index is 5.74. The molecule has 2 aliphatic rings. The molecule has 1 atom stereocenters. The summed E-state index contributed by atoms with van der Waals surface area (Å²) in [5, 5.41) is 3.48. The summed E-state index contributed by atoms with van der Waals surface area (Å²) >= 11 is 0. The topological polar surface area (TPSA) is 49.3 Å².